The van der Waals surface area contributed by atoms with E-state index in [9.17, 15) is 4.79 Å². The minimum atomic E-state index is -0.345. The van der Waals surface area contributed by atoms with E-state index in [-0.39, 0.29) is 23.8 Å². The van der Waals surface area contributed by atoms with Gasteiger partial charge in [-0.15, -0.1) is 0 Å². The molecule has 182 valence electrons. The Labute approximate surface area is 200 Å². The summed E-state index contributed by atoms with van der Waals surface area (Å²) < 4.78 is 12.5. The molecule has 2 aromatic carbocycles. The van der Waals surface area contributed by atoms with E-state index in [0.717, 1.165) is 47.4 Å². The Morgan fingerprint density at radius 1 is 1.15 bits per heavy atom. The van der Waals surface area contributed by atoms with Crippen molar-refractivity contribution in [1.29, 1.82) is 0 Å². The molecule has 34 heavy (non-hydrogen) atoms. The van der Waals surface area contributed by atoms with Crippen LogP contribution >= 0.6 is 0 Å². The fourth-order valence-electron chi connectivity index (χ4n) is 4.00. The first kappa shape index (κ1) is 25.1. The van der Waals surface area contributed by atoms with Crippen LogP contribution in [0.3, 0.4) is 0 Å². The van der Waals surface area contributed by atoms with E-state index in [4.69, 9.17) is 19.1 Å². The highest BCUT2D eigenvalue weighted by Crippen LogP contribution is 2.43. The quantitative estimate of drug-likeness (QED) is 0.417. The molecular weight excluding hydrogens is 434 g/mol. The predicted molar refractivity (Wildman–Crippen MR) is 132 cm³/mol. The summed E-state index contributed by atoms with van der Waals surface area (Å²) in [6.07, 6.45) is 2.48. The first-order valence-corrected chi connectivity index (χ1v) is 11.3. The number of amides is 1. The zero-order chi connectivity index (χ0) is 24.7. The summed E-state index contributed by atoms with van der Waals surface area (Å²) in [6, 6.07) is 11.5. The summed E-state index contributed by atoms with van der Waals surface area (Å²) in [6.45, 7) is 6.42. The maximum absolute atomic E-state index is 12.4. The van der Waals surface area contributed by atoms with Crippen LogP contribution in [-0.2, 0) is 27.5 Å². The number of rotatable bonds is 10. The molecule has 1 amide bonds. The number of fused-ring (bicyclic) bond motifs is 1. The Morgan fingerprint density at radius 2 is 1.88 bits per heavy atom. The molecule has 0 radical (unpaired) electrons. The van der Waals surface area contributed by atoms with Crippen LogP contribution in [0.4, 0.5) is 0 Å². The fraction of sp³-hybridized carbons (Fsp3) is 0.423. The van der Waals surface area contributed by atoms with Gasteiger partial charge < -0.3 is 24.5 Å². The number of ether oxygens (including phenoxy) is 2. The Morgan fingerprint density at radius 3 is 2.56 bits per heavy atom. The van der Waals surface area contributed by atoms with E-state index in [1.807, 2.05) is 30.3 Å². The van der Waals surface area contributed by atoms with Crippen molar-refractivity contribution in [2.75, 3.05) is 21.3 Å². The summed E-state index contributed by atoms with van der Waals surface area (Å²) in [5, 5.41) is 10.8. The standard InChI is InChI=1S/C26H33N3O5/c1-7-10-21(28-31-5)18-13-19-15-26(2,3)34-24(19)22(14-18)33-16-17-11-8-9-12-20(17)23(29-32-6)25(30)27-4/h8-9,11-14H,7,10,15-16H2,1-6H3,(H,27,30)/b28-21?,29-23+. The molecule has 0 atom stereocenters. The van der Waals surface area contributed by atoms with Crippen molar-refractivity contribution in [1.82, 2.24) is 5.32 Å². The van der Waals surface area contributed by atoms with Crippen LogP contribution in [0.5, 0.6) is 11.5 Å². The molecule has 1 heterocycles. The van der Waals surface area contributed by atoms with Crippen LogP contribution < -0.4 is 14.8 Å². The van der Waals surface area contributed by atoms with Gasteiger partial charge in [0.05, 0.1) is 5.71 Å². The Bertz CT molecular complexity index is 1090. The molecule has 8 heteroatoms. The average molecular weight is 468 g/mol. The lowest BCUT2D eigenvalue weighted by molar-refractivity contribution is -0.114. The second kappa shape index (κ2) is 11.0. The van der Waals surface area contributed by atoms with Crippen molar-refractivity contribution in [3.8, 4) is 11.5 Å². The van der Waals surface area contributed by atoms with Crippen molar-refractivity contribution in [2.24, 2.45) is 10.3 Å². The van der Waals surface area contributed by atoms with Crippen LogP contribution in [-0.4, -0.2) is 44.2 Å². The van der Waals surface area contributed by atoms with Crippen molar-refractivity contribution in [3.05, 3.63) is 58.7 Å². The third-order valence-corrected chi connectivity index (χ3v) is 5.43. The van der Waals surface area contributed by atoms with Gasteiger partial charge in [0.2, 0.25) is 0 Å². The van der Waals surface area contributed by atoms with Gasteiger partial charge >= 0.3 is 0 Å². The van der Waals surface area contributed by atoms with E-state index >= 15 is 0 Å². The number of carbonyl (C=O) groups excluding carboxylic acids is 1. The van der Waals surface area contributed by atoms with E-state index in [1.54, 1.807) is 14.2 Å². The Balaban J connectivity index is 1.99. The van der Waals surface area contributed by atoms with Gasteiger partial charge in [-0.1, -0.05) is 47.9 Å². The van der Waals surface area contributed by atoms with Crippen molar-refractivity contribution < 1.29 is 23.9 Å². The smallest absolute Gasteiger partial charge is 0.273 e. The molecule has 8 nitrogen and oxygen atoms in total. The van der Waals surface area contributed by atoms with Crippen LogP contribution in [0, 0.1) is 0 Å². The molecule has 0 saturated carbocycles. The maximum atomic E-state index is 12.4. The lowest BCUT2D eigenvalue weighted by Crippen LogP contribution is -2.29. The average Bonchev–Trinajstić information content (AvgIpc) is 3.14. The zero-order valence-corrected chi connectivity index (χ0v) is 20.7. The van der Waals surface area contributed by atoms with Crippen LogP contribution in [0.2, 0.25) is 0 Å². The molecule has 1 aliphatic heterocycles. The summed E-state index contributed by atoms with van der Waals surface area (Å²) in [4.78, 5) is 22.4. The molecule has 1 aliphatic rings. The summed E-state index contributed by atoms with van der Waals surface area (Å²) in [5.41, 5.74) is 4.13. The maximum Gasteiger partial charge on any atom is 0.273 e. The highest BCUT2D eigenvalue weighted by atomic mass is 16.6. The number of carbonyl (C=O) groups is 1. The summed E-state index contributed by atoms with van der Waals surface area (Å²) >= 11 is 0. The lowest BCUT2D eigenvalue weighted by Gasteiger charge is -2.19. The number of nitrogens with one attached hydrogen (secondary N) is 1. The van der Waals surface area contributed by atoms with Gasteiger partial charge in [0, 0.05) is 30.2 Å². The van der Waals surface area contributed by atoms with E-state index in [2.05, 4.69) is 42.5 Å². The van der Waals surface area contributed by atoms with Crippen molar-refractivity contribution >= 4 is 17.3 Å². The third kappa shape index (κ3) is 5.68. The first-order valence-electron chi connectivity index (χ1n) is 11.3. The predicted octanol–water partition coefficient (Wildman–Crippen LogP) is 4.23. The van der Waals surface area contributed by atoms with Gasteiger partial charge in [0.25, 0.3) is 5.91 Å². The number of nitrogens with zero attached hydrogens (tertiary/aromatic N) is 2. The Kier molecular flexibility index (Phi) is 8.15. The topological polar surface area (TPSA) is 90.7 Å². The fourth-order valence-corrected chi connectivity index (χ4v) is 4.00. The number of hydrogen-bond acceptors (Lipinski definition) is 7. The molecule has 2 aromatic rings. The SMILES string of the molecule is CCCC(=NOC)c1cc2c(c(OCc3ccccc3/C(=N\OC)C(=O)NC)c1)OC(C)(C)C2. The first-order chi connectivity index (χ1) is 16.3. The van der Waals surface area contributed by atoms with Gasteiger partial charge in [-0.05, 0) is 38.0 Å². The van der Waals surface area contributed by atoms with Crippen LogP contribution in [0.25, 0.3) is 0 Å². The van der Waals surface area contributed by atoms with Crippen LogP contribution in [0.15, 0.2) is 46.7 Å². The monoisotopic (exact) mass is 467 g/mol. The highest BCUT2D eigenvalue weighted by Gasteiger charge is 2.33. The molecule has 3 rings (SSSR count). The molecule has 0 unspecified atom stereocenters. The van der Waals surface area contributed by atoms with E-state index < -0.39 is 0 Å². The van der Waals surface area contributed by atoms with Gasteiger partial charge in [-0.2, -0.15) is 0 Å². The molecule has 0 bridgehead atoms. The normalized spacial score (nSPS) is 14.8. The van der Waals surface area contributed by atoms with Gasteiger partial charge in [-0.3, -0.25) is 4.79 Å². The van der Waals surface area contributed by atoms with Gasteiger partial charge in [0.15, 0.2) is 17.2 Å². The zero-order valence-electron chi connectivity index (χ0n) is 20.7. The number of likely N-dealkylation sites (N-methyl/N-ethyl adjacent to an activating group) is 1. The molecular formula is C26H33N3O5. The molecule has 0 aromatic heterocycles. The molecule has 0 spiro atoms. The number of benzene rings is 2. The van der Waals surface area contributed by atoms with Crippen LogP contribution in [0.1, 0.15) is 55.9 Å². The van der Waals surface area contributed by atoms with Crippen molar-refractivity contribution in [3.63, 3.8) is 0 Å². The number of oxime groups is 2. The van der Waals surface area contributed by atoms with Gasteiger partial charge in [-0.25, -0.2) is 0 Å². The largest absolute Gasteiger partial charge is 0.485 e. The lowest BCUT2D eigenvalue weighted by atomic mass is 9.97. The minimum Gasteiger partial charge on any atom is -0.485 e. The molecule has 1 N–H and O–H groups in total. The third-order valence-electron chi connectivity index (χ3n) is 5.43. The minimum absolute atomic E-state index is 0.179. The second-order valence-corrected chi connectivity index (χ2v) is 8.62. The van der Waals surface area contributed by atoms with Crippen molar-refractivity contribution in [2.45, 2.75) is 52.2 Å². The van der Waals surface area contributed by atoms with E-state index in [1.165, 1.54) is 7.11 Å². The Hall–Kier alpha value is -3.55. The van der Waals surface area contributed by atoms with Gasteiger partial charge in [0.1, 0.15) is 26.4 Å². The number of hydrogen-bond donors (Lipinski definition) is 1. The summed E-state index contributed by atoms with van der Waals surface area (Å²) in [7, 11) is 4.51. The molecule has 0 fully saturated rings. The molecule has 0 saturated heterocycles. The summed E-state index contributed by atoms with van der Waals surface area (Å²) in [5.74, 6) is 1.01. The molecule has 0 aliphatic carbocycles. The van der Waals surface area contributed by atoms with E-state index in [0.29, 0.717) is 11.3 Å². The highest BCUT2D eigenvalue weighted by molar-refractivity contribution is 6.45. The second-order valence-electron chi connectivity index (χ2n) is 8.62.